The van der Waals surface area contributed by atoms with E-state index in [2.05, 4.69) is 16.0 Å². The number of ether oxygens (including phenoxy) is 1. The molecule has 0 saturated heterocycles. The molecule has 34 heavy (non-hydrogen) atoms. The molecule has 0 aliphatic carbocycles. The number of benzene rings is 3. The molecule has 0 spiro atoms. The molecule has 0 atom stereocenters. The van der Waals surface area contributed by atoms with Crippen molar-refractivity contribution in [2.24, 2.45) is 0 Å². The Kier molecular flexibility index (Phi) is 6.26. The molecule has 172 valence electrons. The van der Waals surface area contributed by atoms with Crippen LogP contribution < -0.4 is 20.7 Å². The van der Waals surface area contributed by atoms with Crippen molar-refractivity contribution >= 4 is 35.1 Å². The molecule has 0 bridgehead atoms. The van der Waals surface area contributed by atoms with Crippen molar-refractivity contribution in [3.8, 4) is 5.75 Å². The molecule has 0 aromatic heterocycles. The van der Waals surface area contributed by atoms with Gasteiger partial charge < -0.3 is 20.7 Å². The summed E-state index contributed by atoms with van der Waals surface area (Å²) in [6, 6.07) is 17.9. The summed E-state index contributed by atoms with van der Waals surface area (Å²) in [6.07, 6.45) is 0. The fourth-order valence-electron chi connectivity index (χ4n) is 3.63. The van der Waals surface area contributed by atoms with Gasteiger partial charge >= 0.3 is 6.03 Å². The van der Waals surface area contributed by atoms with Gasteiger partial charge in [-0.25, -0.2) is 4.79 Å². The number of anilines is 2. The summed E-state index contributed by atoms with van der Waals surface area (Å²) in [6.45, 7) is 0.0243. The van der Waals surface area contributed by atoms with Gasteiger partial charge in [0.25, 0.3) is 17.7 Å². The lowest BCUT2D eigenvalue weighted by Crippen LogP contribution is -2.29. The fourth-order valence-corrected chi connectivity index (χ4v) is 3.63. The van der Waals surface area contributed by atoms with Crippen LogP contribution in [0.25, 0.3) is 0 Å². The van der Waals surface area contributed by atoms with E-state index in [-0.39, 0.29) is 30.0 Å². The van der Waals surface area contributed by atoms with Crippen LogP contribution >= 0.6 is 0 Å². The van der Waals surface area contributed by atoms with Gasteiger partial charge in [-0.15, -0.1) is 0 Å². The van der Waals surface area contributed by atoms with Gasteiger partial charge in [-0.1, -0.05) is 18.2 Å². The van der Waals surface area contributed by atoms with E-state index in [0.717, 1.165) is 4.90 Å². The smallest absolute Gasteiger partial charge is 0.318 e. The third-order valence-corrected chi connectivity index (χ3v) is 5.36. The lowest BCUT2D eigenvalue weighted by Gasteiger charge is -2.16. The summed E-state index contributed by atoms with van der Waals surface area (Å²) in [5.74, 6) is -0.810. The monoisotopic (exact) mass is 458 g/mol. The van der Waals surface area contributed by atoms with Crippen molar-refractivity contribution in [3.63, 3.8) is 0 Å². The lowest BCUT2D eigenvalue weighted by atomic mass is 10.1. The molecule has 9 heteroatoms. The maximum atomic E-state index is 13.0. The quantitative estimate of drug-likeness (QED) is 0.489. The standard InChI is InChI=1S/C25H22N4O5/c1-26-25(33)28-17-10-8-16(9-11-17)27-22(30)20-13-15(7-12-21(20)34-2)14-29-23(31)18-5-3-4-6-19(18)24(29)32/h3-13H,14H2,1-2H3,(H,27,30)(H2,26,28,33). The molecule has 9 nitrogen and oxygen atoms in total. The van der Waals surface area contributed by atoms with Crippen LogP contribution in [0, 0.1) is 0 Å². The van der Waals surface area contributed by atoms with E-state index in [1.54, 1.807) is 66.7 Å². The van der Waals surface area contributed by atoms with Gasteiger partial charge in [-0.3, -0.25) is 19.3 Å². The van der Waals surface area contributed by atoms with E-state index in [0.29, 0.717) is 33.8 Å². The molecular weight excluding hydrogens is 436 g/mol. The van der Waals surface area contributed by atoms with Crippen LogP contribution in [0.2, 0.25) is 0 Å². The van der Waals surface area contributed by atoms with Crippen LogP contribution in [0.1, 0.15) is 36.6 Å². The molecule has 0 unspecified atom stereocenters. The molecule has 0 fully saturated rings. The number of rotatable bonds is 6. The maximum Gasteiger partial charge on any atom is 0.318 e. The highest BCUT2D eigenvalue weighted by Gasteiger charge is 2.35. The summed E-state index contributed by atoms with van der Waals surface area (Å²) < 4.78 is 5.33. The average Bonchev–Trinajstić information content (AvgIpc) is 3.10. The Labute approximate surface area is 195 Å². The molecule has 3 aromatic carbocycles. The molecule has 4 rings (SSSR count). The number of nitrogens with one attached hydrogen (secondary N) is 3. The van der Waals surface area contributed by atoms with Crippen LogP contribution in [0.4, 0.5) is 16.2 Å². The topological polar surface area (TPSA) is 117 Å². The van der Waals surface area contributed by atoms with Crippen molar-refractivity contribution in [1.29, 1.82) is 0 Å². The summed E-state index contributed by atoms with van der Waals surface area (Å²) in [4.78, 5) is 50.9. The second-order valence-corrected chi connectivity index (χ2v) is 7.51. The molecule has 5 amide bonds. The molecular formula is C25H22N4O5. The van der Waals surface area contributed by atoms with Gasteiger partial charge in [0, 0.05) is 18.4 Å². The van der Waals surface area contributed by atoms with Crippen molar-refractivity contribution < 1.29 is 23.9 Å². The fraction of sp³-hybridized carbons (Fsp3) is 0.120. The summed E-state index contributed by atoms with van der Waals surface area (Å²) in [7, 11) is 2.97. The Morgan fingerprint density at radius 2 is 1.44 bits per heavy atom. The van der Waals surface area contributed by atoms with Gasteiger partial charge in [-0.05, 0) is 54.1 Å². The second kappa shape index (κ2) is 9.45. The zero-order valence-corrected chi connectivity index (χ0v) is 18.5. The number of carbonyl (C=O) groups is 4. The molecule has 0 saturated carbocycles. The van der Waals surface area contributed by atoms with E-state index in [9.17, 15) is 19.2 Å². The van der Waals surface area contributed by atoms with Gasteiger partial charge in [0.1, 0.15) is 5.75 Å². The molecule has 3 N–H and O–H groups in total. The molecule has 3 aromatic rings. The number of fused-ring (bicyclic) bond motifs is 1. The third-order valence-electron chi connectivity index (χ3n) is 5.36. The van der Waals surface area contributed by atoms with Crippen molar-refractivity contribution in [2.75, 3.05) is 24.8 Å². The number of carbonyl (C=O) groups excluding carboxylic acids is 4. The Bertz CT molecular complexity index is 1250. The SMILES string of the molecule is CNC(=O)Nc1ccc(NC(=O)c2cc(CN3C(=O)c4ccccc4C3=O)ccc2OC)cc1. The van der Waals surface area contributed by atoms with Crippen molar-refractivity contribution in [3.05, 3.63) is 89.0 Å². The highest BCUT2D eigenvalue weighted by Crippen LogP contribution is 2.27. The zero-order chi connectivity index (χ0) is 24.2. The minimum Gasteiger partial charge on any atom is -0.496 e. The Balaban J connectivity index is 1.51. The van der Waals surface area contributed by atoms with Crippen LogP contribution in [0.3, 0.4) is 0 Å². The number of hydrogen-bond donors (Lipinski definition) is 3. The predicted octanol–water partition coefficient (Wildman–Crippen LogP) is 3.50. The number of urea groups is 1. The molecule has 1 heterocycles. The van der Waals surface area contributed by atoms with Crippen molar-refractivity contribution in [2.45, 2.75) is 6.54 Å². The van der Waals surface area contributed by atoms with E-state index < -0.39 is 5.91 Å². The summed E-state index contributed by atoms with van der Waals surface area (Å²) in [5, 5.41) is 7.88. The first kappa shape index (κ1) is 22.5. The van der Waals surface area contributed by atoms with E-state index in [4.69, 9.17) is 4.74 Å². The number of imide groups is 1. The second-order valence-electron chi connectivity index (χ2n) is 7.51. The first-order valence-corrected chi connectivity index (χ1v) is 10.4. The molecule has 1 aliphatic rings. The van der Waals surface area contributed by atoms with Crippen molar-refractivity contribution in [1.82, 2.24) is 10.2 Å². The minimum absolute atomic E-state index is 0.0243. The maximum absolute atomic E-state index is 13.0. The Morgan fingerprint density at radius 3 is 2.00 bits per heavy atom. The average molecular weight is 458 g/mol. The number of amides is 5. The lowest BCUT2D eigenvalue weighted by molar-refractivity contribution is 0.0642. The van der Waals surface area contributed by atoms with E-state index in [1.165, 1.54) is 14.2 Å². The van der Waals surface area contributed by atoms with E-state index >= 15 is 0 Å². The van der Waals surface area contributed by atoms with Gasteiger partial charge in [-0.2, -0.15) is 0 Å². The summed E-state index contributed by atoms with van der Waals surface area (Å²) >= 11 is 0. The highest BCUT2D eigenvalue weighted by atomic mass is 16.5. The Morgan fingerprint density at radius 1 is 0.853 bits per heavy atom. The first-order chi connectivity index (χ1) is 16.4. The highest BCUT2D eigenvalue weighted by molar-refractivity contribution is 6.21. The first-order valence-electron chi connectivity index (χ1n) is 10.4. The van der Waals surface area contributed by atoms with Gasteiger partial charge in [0.2, 0.25) is 0 Å². The number of nitrogens with zero attached hydrogens (tertiary/aromatic N) is 1. The van der Waals surface area contributed by atoms with Crippen LogP contribution in [-0.4, -0.2) is 42.8 Å². The molecule has 1 aliphatic heterocycles. The largest absolute Gasteiger partial charge is 0.496 e. The van der Waals surface area contributed by atoms with Crippen LogP contribution in [0.15, 0.2) is 66.7 Å². The Hall–Kier alpha value is -4.66. The van der Waals surface area contributed by atoms with Gasteiger partial charge in [0.05, 0.1) is 30.3 Å². The summed E-state index contributed by atoms with van der Waals surface area (Å²) in [5.41, 5.74) is 2.68. The van der Waals surface area contributed by atoms with Gasteiger partial charge in [0.15, 0.2) is 0 Å². The minimum atomic E-state index is -0.423. The predicted molar refractivity (Wildman–Crippen MR) is 126 cm³/mol. The number of hydrogen-bond acceptors (Lipinski definition) is 5. The zero-order valence-electron chi connectivity index (χ0n) is 18.5. The normalized spacial score (nSPS) is 12.2. The van der Waals surface area contributed by atoms with E-state index in [1.807, 2.05) is 0 Å². The number of methoxy groups -OCH3 is 1. The third kappa shape index (κ3) is 4.44. The van der Waals surface area contributed by atoms with Crippen LogP contribution in [-0.2, 0) is 6.54 Å². The molecule has 0 radical (unpaired) electrons. The van der Waals surface area contributed by atoms with Crippen LogP contribution in [0.5, 0.6) is 5.75 Å².